The maximum absolute atomic E-state index is 13.2. The number of rotatable bonds is 3. The Morgan fingerprint density at radius 3 is 2.89 bits per heavy atom. The van der Waals surface area contributed by atoms with Crippen LogP contribution in [0.25, 0.3) is 11.4 Å². The molecule has 4 aromatic rings. The van der Waals surface area contributed by atoms with E-state index in [9.17, 15) is 9.18 Å². The van der Waals surface area contributed by atoms with Crippen LogP contribution in [0, 0.1) is 5.82 Å². The molecule has 4 heterocycles. The van der Waals surface area contributed by atoms with Gasteiger partial charge in [0.2, 0.25) is 11.7 Å². The zero-order valence-corrected chi connectivity index (χ0v) is 14.5. The SMILES string of the molecule is O=C(c1ccco1)N1Cc2[nH]cnc2C[C@H]1c1nc(-c2ccc(F)cc2)no1. The molecule has 1 N–H and O–H groups in total. The molecule has 8 nitrogen and oxygen atoms in total. The smallest absolute Gasteiger partial charge is 0.290 e. The Bertz CT molecular complexity index is 1120. The Labute approximate surface area is 158 Å². The number of carbonyl (C=O) groups excluding carboxylic acids is 1. The quantitative estimate of drug-likeness (QED) is 0.587. The number of aromatic nitrogens is 4. The lowest BCUT2D eigenvalue weighted by atomic mass is 10.0. The van der Waals surface area contributed by atoms with Crippen LogP contribution in [0.5, 0.6) is 0 Å². The molecule has 1 amide bonds. The molecule has 3 aromatic heterocycles. The minimum absolute atomic E-state index is 0.228. The average Bonchev–Trinajstić information content (AvgIpc) is 3.48. The third-order valence-electron chi connectivity index (χ3n) is 4.72. The summed E-state index contributed by atoms with van der Waals surface area (Å²) in [6.45, 7) is 0.313. The molecular weight excluding hydrogens is 365 g/mol. The van der Waals surface area contributed by atoms with Crippen LogP contribution in [0.3, 0.4) is 0 Å². The van der Waals surface area contributed by atoms with Gasteiger partial charge in [0, 0.05) is 12.0 Å². The van der Waals surface area contributed by atoms with Crippen molar-refractivity contribution in [1.82, 2.24) is 25.0 Å². The Morgan fingerprint density at radius 1 is 1.25 bits per heavy atom. The molecule has 5 rings (SSSR count). The van der Waals surface area contributed by atoms with E-state index < -0.39 is 6.04 Å². The summed E-state index contributed by atoms with van der Waals surface area (Å²) in [7, 11) is 0. The number of H-pyrrole nitrogens is 1. The van der Waals surface area contributed by atoms with Gasteiger partial charge in [0.25, 0.3) is 5.91 Å². The van der Waals surface area contributed by atoms with Crippen molar-refractivity contribution in [2.24, 2.45) is 0 Å². The lowest BCUT2D eigenvalue weighted by Gasteiger charge is -2.32. The molecule has 140 valence electrons. The van der Waals surface area contributed by atoms with Gasteiger partial charge in [-0.25, -0.2) is 9.37 Å². The van der Waals surface area contributed by atoms with Crippen LogP contribution in [0.2, 0.25) is 0 Å². The summed E-state index contributed by atoms with van der Waals surface area (Å²) >= 11 is 0. The van der Waals surface area contributed by atoms with Gasteiger partial charge in [0.05, 0.1) is 30.5 Å². The molecule has 1 aliphatic rings. The highest BCUT2D eigenvalue weighted by atomic mass is 19.1. The summed E-state index contributed by atoms with van der Waals surface area (Å²) in [5.41, 5.74) is 2.32. The van der Waals surface area contributed by atoms with Gasteiger partial charge in [-0.15, -0.1) is 0 Å². The van der Waals surface area contributed by atoms with Crippen molar-refractivity contribution in [2.45, 2.75) is 19.0 Å². The zero-order chi connectivity index (χ0) is 19.1. The van der Waals surface area contributed by atoms with E-state index in [-0.39, 0.29) is 23.4 Å². The molecule has 0 spiro atoms. The van der Waals surface area contributed by atoms with Crippen LogP contribution in [-0.4, -0.2) is 30.9 Å². The zero-order valence-electron chi connectivity index (χ0n) is 14.5. The number of halogens is 1. The van der Waals surface area contributed by atoms with Crippen LogP contribution in [0.4, 0.5) is 4.39 Å². The molecule has 0 unspecified atom stereocenters. The first-order chi connectivity index (χ1) is 13.7. The van der Waals surface area contributed by atoms with Gasteiger partial charge in [-0.2, -0.15) is 4.98 Å². The van der Waals surface area contributed by atoms with Crippen LogP contribution >= 0.6 is 0 Å². The number of hydrogen-bond donors (Lipinski definition) is 1. The lowest BCUT2D eigenvalue weighted by Crippen LogP contribution is -2.39. The second-order valence-corrected chi connectivity index (χ2v) is 6.42. The normalized spacial score (nSPS) is 16.2. The summed E-state index contributed by atoms with van der Waals surface area (Å²) in [4.78, 5) is 26.4. The summed E-state index contributed by atoms with van der Waals surface area (Å²) in [5, 5.41) is 3.99. The molecule has 9 heteroatoms. The lowest BCUT2D eigenvalue weighted by molar-refractivity contribution is 0.0557. The fraction of sp³-hybridized carbons (Fsp3) is 0.158. The summed E-state index contributed by atoms with van der Waals surface area (Å²) in [6, 6.07) is 8.58. The van der Waals surface area contributed by atoms with Crippen molar-refractivity contribution >= 4 is 5.91 Å². The molecule has 0 saturated carbocycles. The summed E-state index contributed by atoms with van der Waals surface area (Å²) in [6.07, 6.45) is 3.48. The van der Waals surface area contributed by atoms with E-state index >= 15 is 0 Å². The fourth-order valence-corrected chi connectivity index (χ4v) is 3.30. The largest absolute Gasteiger partial charge is 0.459 e. The Kier molecular flexibility index (Phi) is 3.78. The molecule has 0 aliphatic carbocycles. The number of furan rings is 1. The van der Waals surface area contributed by atoms with Gasteiger partial charge in [-0.1, -0.05) is 5.16 Å². The molecular formula is C19H14FN5O3. The van der Waals surface area contributed by atoms with E-state index in [1.807, 2.05) is 0 Å². The summed E-state index contributed by atoms with van der Waals surface area (Å²) < 4.78 is 23.9. The number of nitrogens with one attached hydrogen (secondary N) is 1. The molecule has 0 radical (unpaired) electrons. The number of imidazole rings is 1. The highest BCUT2D eigenvalue weighted by Gasteiger charge is 2.37. The van der Waals surface area contributed by atoms with Crippen molar-refractivity contribution in [3.8, 4) is 11.4 Å². The third-order valence-corrected chi connectivity index (χ3v) is 4.72. The Balaban J connectivity index is 1.51. The molecule has 0 fully saturated rings. The average molecular weight is 379 g/mol. The number of amides is 1. The fourth-order valence-electron chi connectivity index (χ4n) is 3.30. The van der Waals surface area contributed by atoms with E-state index in [0.29, 0.717) is 24.4 Å². The Morgan fingerprint density at radius 2 is 2.11 bits per heavy atom. The minimum Gasteiger partial charge on any atom is -0.459 e. The maximum Gasteiger partial charge on any atom is 0.290 e. The number of hydrogen-bond acceptors (Lipinski definition) is 6. The predicted molar refractivity (Wildman–Crippen MR) is 93.3 cm³/mol. The van der Waals surface area contributed by atoms with Gasteiger partial charge < -0.3 is 18.8 Å². The topological polar surface area (TPSA) is 101 Å². The van der Waals surface area contributed by atoms with Crippen molar-refractivity contribution < 1.29 is 18.1 Å². The van der Waals surface area contributed by atoms with Crippen molar-refractivity contribution in [1.29, 1.82) is 0 Å². The molecule has 0 saturated heterocycles. The first-order valence-corrected chi connectivity index (χ1v) is 8.64. The first-order valence-electron chi connectivity index (χ1n) is 8.64. The number of aromatic amines is 1. The van der Waals surface area contributed by atoms with Gasteiger partial charge in [-0.3, -0.25) is 4.79 Å². The second-order valence-electron chi connectivity index (χ2n) is 6.42. The van der Waals surface area contributed by atoms with E-state index in [2.05, 4.69) is 20.1 Å². The molecule has 1 atom stereocenters. The number of nitrogens with zero attached hydrogens (tertiary/aromatic N) is 4. The third kappa shape index (κ3) is 2.77. The first kappa shape index (κ1) is 16.4. The van der Waals surface area contributed by atoms with Gasteiger partial charge in [0.15, 0.2) is 5.76 Å². The van der Waals surface area contributed by atoms with Gasteiger partial charge >= 0.3 is 0 Å². The molecule has 1 aromatic carbocycles. The summed E-state index contributed by atoms with van der Waals surface area (Å²) in [5.74, 6) is 0.213. The van der Waals surface area contributed by atoms with Gasteiger partial charge in [-0.05, 0) is 36.4 Å². The van der Waals surface area contributed by atoms with Crippen LogP contribution in [-0.2, 0) is 13.0 Å². The number of carbonyl (C=O) groups is 1. The Hall–Kier alpha value is -3.75. The van der Waals surface area contributed by atoms with Crippen molar-refractivity contribution in [2.75, 3.05) is 0 Å². The maximum atomic E-state index is 13.2. The highest BCUT2D eigenvalue weighted by molar-refractivity contribution is 5.91. The predicted octanol–water partition coefficient (Wildman–Crippen LogP) is 3.13. The van der Waals surface area contributed by atoms with E-state index in [0.717, 1.165) is 11.4 Å². The van der Waals surface area contributed by atoms with Crippen molar-refractivity contribution in [3.63, 3.8) is 0 Å². The van der Waals surface area contributed by atoms with E-state index in [1.54, 1.807) is 35.5 Å². The molecule has 0 bridgehead atoms. The number of benzene rings is 1. The van der Waals surface area contributed by atoms with Crippen LogP contribution in [0.1, 0.15) is 33.9 Å². The highest BCUT2D eigenvalue weighted by Crippen LogP contribution is 2.33. The van der Waals surface area contributed by atoms with Crippen LogP contribution < -0.4 is 0 Å². The van der Waals surface area contributed by atoms with E-state index in [4.69, 9.17) is 8.94 Å². The minimum atomic E-state index is -0.491. The monoisotopic (exact) mass is 379 g/mol. The number of fused-ring (bicyclic) bond motifs is 1. The van der Waals surface area contributed by atoms with Crippen LogP contribution in [0.15, 0.2) is 57.9 Å². The van der Waals surface area contributed by atoms with Crippen molar-refractivity contribution in [3.05, 3.63) is 77.8 Å². The standard InChI is InChI=1S/C19H14FN5O3/c20-12-5-3-11(4-6-12)17-23-18(28-24-17)15-8-13-14(22-10-21-13)9-25(15)19(26)16-2-1-7-27-16/h1-7,10,15H,8-9H2,(H,21,22)/t15-/m0/s1. The van der Waals surface area contributed by atoms with E-state index in [1.165, 1.54) is 18.4 Å². The molecule has 1 aliphatic heterocycles. The molecule has 28 heavy (non-hydrogen) atoms. The second kappa shape index (κ2) is 6.45. The van der Waals surface area contributed by atoms with Gasteiger partial charge in [0.1, 0.15) is 11.9 Å².